The van der Waals surface area contributed by atoms with Gasteiger partial charge in [-0.25, -0.2) is 0 Å². The SMILES string of the molecule is c1ccc(-c2ccc3c(c2)c2ccccc2c2c4ccc(-c5ccc(-c6ccc7oc8cc9ccccc9cc8c7c6)c6ccccc56)cc4c4ccccc4c32)cc1. The van der Waals surface area contributed by atoms with Gasteiger partial charge in [0.15, 0.2) is 0 Å². The molecule has 0 aliphatic heterocycles. The molecule has 1 heterocycles. The maximum absolute atomic E-state index is 6.37. The van der Waals surface area contributed by atoms with Gasteiger partial charge >= 0.3 is 0 Å². The van der Waals surface area contributed by atoms with Crippen LogP contribution in [0.3, 0.4) is 0 Å². The first-order valence-electron chi connectivity index (χ1n) is 20.4. The van der Waals surface area contributed by atoms with Crippen molar-refractivity contribution in [3.05, 3.63) is 206 Å². The number of benzene rings is 12. The van der Waals surface area contributed by atoms with E-state index in [4.69, 9.17) is 4.42 Å². The van der Waals surface area contributed by atoms with Crippen molar-refractivity contribution >= 4 is 97.3 Å². The molecule has 1 aromatic heterocycles. The summed E-state index contributed by atoms with van der Waals surface area (Å²) in [6.07, 6.45) is 0. The minimum Gasteiger partial charge on any atom is -0.456 e. The Kier molecular flexibility index (Phi) is 6.79. The highest BCUT2D eigenvalue weighted by Crippen LogP contribution is 2.46. The minimum absolute atomic E-state index is 0.911. The molecule has 0 atom stereocenters. The van der Waals surface area contributed by atoms with Crippen LogP contribution >= 0.6 is 0 Å². The van der Waals surface area contributed by atoms with Crippen LogP contribution in [0, 0.1) is 0 Å². The lowest BCUT2D eigenvalue weighted by molar-refractivity contribution is 0.669. The Balaban J connectivity index is 1.02. The molecular weight excluding hydrogens is 713 g/mol. The molecule has 0 N–H and O–H groups in total. The molecule has 0 amide bonds. The lowest BCUT2D eigenvalue weighted by atomic mass is 9.85. The molecule has 0 spiro atoms. The molecule has 272 valence electrons. The summed E-state index contributed by atoms with van der Waals surface area (Å²) < 4.78 is 6.37. The standard InChI is InChI=1S/C58H34O/c1-2-12-35(13-3-1)38-22-25-49-51(30-38)45-18-8-10-20-47(45)58-50-26-23-39(32-52(50)46-19-9-11-21-48(46)57(49)58)41-27-28-42(44-17-7-6-16-43(41)44)40-24-29-55-53(33-40)54-31-36-14-4-5-15-37(36)34-56(54)59-55/h1-34H. The van der Waals surface area contributed by atoms with E-state index in [1.54, 1.807) is 0 Å². The predicted octanol–water partition coefficient (Wildman–Crippen LogP) is 16.7. The van der Waals surface area contributed by atoms with Crippen molar-refractivity contribution in [2.45, 2.75) is 0 Å². The van der Waals surface area contributed by atoms with Gasteiger partial charge in [0, 0.05) is 10.8 Å². The second kappa shape index (κ2) is 12.4. The maximum Gasteiger partial charge on any atom is 0.136 e. The molecule has 59 heavy (non-hydrogen) atoms. The van der Waals surface area contributed by atoms with E-state index in [1.165, 1.54) is 109 Å². The highest BCUT2D eigenvalue weighted by molar-refractivity contribution is 6.39. The maximum atomic E-state index is 6.37. The zero-order valence-electron chi connectivity index (χ0n) is 32.0. The van der Waals surface area contributed by atoms with Gasteiger partial charge in [0.05, 0.1) is 0 Å². The molecule has 0 radical (unpaired) electrons. The summed E-state index contributed by atoms with van der Waals surface area (Å²) in [5.41, 5.74) is 9.14. The summed E-state index contributed by atoms with van der Waals surface area (Å²) >= 11 is 0. The van der Waals surface area contributed by atoms with Crippen LogP contribution < -0.4 is 0 Å². The van der Waals surface area contributed by atoms with Crippen LogP contribution in [0.15, 0.2) is 211 Å². The summed E-state index contributed by atoms with van der Waals surface area (Å²) in [5.74, 6) is 0. The molecular formula is C58H34O. The molecule has 13 rings (SSSR count). The van der Waals surface area contributed by atoms with E-state index >= 15 is 0 Å². The first-order valence-corrected chi connectivity index (χ1v) is 20.4. The molecule has 0 saturated heterocycles. The Morgan fingerprint density at radius 2 is 0.661 bits per heavy atom. The first-order chi connectivity index (χ1) is 29.2. The van der Waals surface area contributed by atoms with Crippen molar-refractivity contribution in [1.29, 1.82) is 0 Å². The van der Waals surface area contributed by atoms with Crippen LogP contribution in [0.25, 0.3) is 131 Å². The zero-order chi connectivity index (χ0) is 38.6. The van der Waals surface area contributed by atoms with E-state index < -0.39 is 0 Å². The zero-order valence-corrected chi connectivity index (χ0v) is 32.0. The second-order valence-corrected chi connectivity index (χ2v) is 15.9. The number of rotatable bonds is 3. The Bertz CT molecular complexity index is 3890. The van der Waals surface area contributed by atoms with Crippen LogP contribution in [0.2, 0.25) is 0 Å². The average Bonchev–Trinajstić information content (AvgIpc) is 3.66. The van der Waals surface area contributed by atoms with E-state index in [0.29, 0.717) is 0 Å². The lowest BCUT2D eigenvalue weighted by Gasteiger charge is -2.18. The van der Waals surface area contributed by atoms with E-state index in [1.807, 2.05) is 0 Å². The van der Waals surface area contributed by atoms with Crippen molar-refractivity contribution in [3.63, 3.8) is 0 Å². The molecule has 0 aliphatic carbocycles. The monoisotopic (exact) mass is 746 g/mol. The van der Waals surface area contributed by atoms with Gasteiger partial charge in [-0.3, -0.25) is 0 Å². The third-order valence-electron chi connectivity index (χ3n) is 12.8. The fraction of sp³-hybridized carbons (Fsp3) is 0. The normalized spacial score (nSPS) is 12.1. The van der Waals surface area contributed by atoms with Gasteiger partial charge in [-0.2, -0.15) is 0 Å². The third-order valence-corrected chi connectivity index (χ3v) is 12.8. The van der Waals surface area contributed by atoms with Gasteiger partial charge in [0.25, 0.3) is 0 Å². The summed E-state index contributed by atoms with van der Waals surface area (Å²) in [5, 5.41) is 20.1. The van der Waals surface area contributed by atoms with Crippen molar-refractivity contribution in [2.24, 2.45) is 0 Å². The second-order valence-electron chi connectivity index (χ2n) is 15.9. The van der Waals surface area contributed by atoms with Gasteiger partial charge < -0.3 is 4.42 Å². The largest absolute Gasteiger partial charge is 0.456 e. The summed E-state index contributed by atoms with van der Waals surface area (Å²) in [6, 6.07) is 75.9. The smallest absolute Gasteiger partial charge is 0.136 e. The number of hydrogen-bond donors (Lipinski definition) is 0. The highest BCUT2D eigenvalue weighted by atomic mass is 16.3. The van der Waals surface area contributed by atoms with Crippen LogP contribution in [0.4, 0.5) is 0 Å². The van der Waals surface area contributed by atoms with E-state index in [9.17, 15) is 0 Å². The Hall–Kier alpha value is -7.74. The summed E-state index contributed by atoms with van der Waals surface area (Å²) in [7, 11) is 0. The highest BCUT2D eigenvalue weighted by Gasteiger charge is 2.19. The molecule has 1 nitrogen and oxygen atoms in total. The van der Waals surface area contributed by atoms with Crippen molar-refractivity contribution in [3.8, 4) is 33.4 Å². The fourth-order valence-electron chi connectivity index (χ4n) is 10.1. The number of furan rings is 1. The lowest BCUT2D eigenvalue weighted by Crippen LogP contribution is -1.90. The van der Waals surface area contributed by atoms with Gasteiger partial charge in [0.1, 0.15) is 11.2 Å². The molecule has 0 saturated carbocycles. The van der Waals surface area contributed by atoms with E-state index in [2.05, 4.69) is 206 Å². The van der Waals surface area contributed by atoms with E-state index in [-0.39, 0.29) is 0 Å². The number of fused-ring (bicyclic) bond motifs is 16. The van der Waals surface area contributed by atoms with Crippen molar-refractivity contribution in [2.75, 3.05) is 0 Å². The van der Waals surface area contributed by atoms with Crippen molar-refractivity contribution in [1.82, 2.24) is 0 Å². The van der Waals surface area contributed by atoms with Crippen LogP contribution in [-0.2, 0) is 0 Å². The van der Waals surface area contributed by atoms with Gasteiger partial charge in [0.2, 0.25) is 0 Å². The minimum atomic E-state index is 0.911. The molecule has 0 aliphatic rings. The summed E-state index contributed by atoms with van der Waals surface area (Å²) in [4.78, 5) is 0. The van der Waals surface area contributed by atoms with Gasteiger partial charge in [-0.05, 0) is 145 Å². The van der Waals surface area contributed by atoms with Crippen molar-refractivity contribution < 1.29 is 4.42 Å². The molecule has 12 aromatic carbocycles. The Morgan fingerprint density at radius 3 is 1.29 bits per heavy atom. The van der Waals surface area contributed by atoms with E-state index in [0.717, 1.165) is 21.9 Å². The molecule has 1 heteroatoms. The quantitative estimate of drug-likeness (QED) is 0.164. The molecule has 0 bridgehead atoms. The Labute approximate surface area is 340 Å². The van der Waals surface area contributed by atoms with Crippen LogP contribution in [0.5, 0.6) is 0 Å². The van der Waals surface area contributed by atoms with Gasteiger partial charge in [-0.15, -0.1) is 0 Å². The van der Waals surface area contributed by atoms with Crippen LogP contribution in [0.1, 0.15) is 0 Å². The first kappa shape index (κ1) is 32.4. The molecule has 0 unspecified atom stereocenters. The van der Waals surface area contributed by atoms with Gasteiger partial charge in [-0.1, -0.05) is 170 Å². The predicted molar refractivity (Wildman–Crippen MR) is 253 cm³/mol. The number of hydrogen-bond acceptors (Lipinski definition) is 1. The third kappa shape index (κ3) is 4.79. The van der Waals surface area contributed by atoms with Crippen LogP contribution in [-0.4, -0.2) is 0 Å². The molecule has 0 fully saturated rings. The summed E-state index contributed by atoms with van der Waals surface area (Å²) in [6.45, 7) is 0. The molecule has 13 aromatic rings. The topological polar surface area (TPSA) is 13.1 Å². The average molecular weight is 747 g/mol. The Morgan fingerprint density at radius 1 is 0.220 bits per heavy atom. The fourth-order valence-corrected chi connectivity index (χ4v) is 10.1.